The lowest BCUT2D eigenvalue weighted by Crippen LogP contribution is -2.24. The maximum absolute atomic E-state index is 11.0. The molecule has 82 valence electrons. The molecule has 0 atom stereocenters. The molecule has 0 bridgehead atoms. The Balaban J connectivity index is 2.75. The van der Waals surface area contributed by atoms with Gasteiger partial charge in [-0.3, -0.25) is 4.79 Å². The predicted molar refractivity (Wildman–Crippen MR) is 60.2 cm³/mol. The van der Waals surface area contributed by atoms with Crippen molar-refractivity contribution in [1.29, 1.82) is 0 Å². The smallest absolute Gasteiger partial charge is 0.257 e. The van der Waals surface area contributed by atoms with Gasteiger partial charge in [0.05, 0.1) is 0 Å². The maximum Gasteiger partial charge on any atom is 0.257 e. The summed E-state index contributed by atoms with van der Waals surface area (Å²) in [6.07, 6.45) is 0. The summed E-state index contributed by atoms with van der Waals surface area (Å²) < 4.78 is 5.36. The van der Waals surface area contributed by atoms with E-state index in [1.54, 1.807) is 7.05 Å². The van der Waals surface area contributed by atoms with E-state index in [0.717, 1.165) is 5.75 Å². The molecule has 0 heterocycles. The zero-order valence-electron chi connectivity index (χ0n) is 9.68. The van der Waals surface area contributed by atoms with E-state index in [-0.39, 0.29) is 12.5 Å². The summed E-state index contributed by atoms with van der Waals surface area (Å²) in [6.45, 7) is 6.22. The van der Waals surface area contributed by atoms with E-state index < -0.39 is 0 Å². The monoisotopic (exact) mass is 207 g/mol. The molecule has 15 heavy (non-hydrogen) atoms. The number of hydrogen-bond acceptors (Lipinski definition) is 2. The average molecular weight is 207 g/mol. The fraction of sp³-hybridized carbons (Fsp3) is 0.417. The van der Waals surface area contributed by atoms with Crippen molar-refractivity contribution in [3.63, 3.8) is 0 Å². The lowest BCUT2D eigenvalue weighted by Gasteiger charge is -2.10. The number of nitrogens with one attached hydrogen (secondary N) is 1. The first-order chi connectivity index (χ1) is 7.04. The van der Waals surface area contributed by atoms with Gasteiger partial charge in [-0.05, 0) is 49.6 Å². The van der Waals surface area contributed by atoms with E-state index in [1.807, 2.05) is 26.0 Å². The third-order valence-corrected chi connectivity index (χ3v) is 2.55. The Labute approximate surface area is 90.4 Å². The van der Waals surface area contributed by atoms with Crippen LogP contribution in [0.3, 0.4) is 0 Å². The summed E-state index contributed by atoms with van der Waals surface area (Å²) in [5.41, 5.74) is 3.63. The number of hydrogen-bond donors (Lipinski definition) is 1. The van der Waals surface area contributed by atoms with Crippen LogP contribution in [0.1, 0.15) is 16.7 Å². The molecule has 1 aromatic carbocycles. The van der Waals surface area contributed by atoms with Gasteiger partial charge in [-0.15, -0.1) is 0 Å². The molecule has 3 heteroatoms. The molecule has 1 aromatic rings. The summed E-state index contributed by atoms with van der Waals surface area (Å²) in [5, 5.41) is 2.51. The van der Waals surface area contributed by atoms with E-state index in [9.17, 15) is 4.79 Å². The number of likely N-dealkylation sites (N-methyl/N-ethyl adjacent to an activating group) is 1. The van der Waals surface area contributed by atoms with Crippen molar-refractivity contribution in [2.45, 2.75) is 20.8 Å². The fourth-order valence-electron chi connectivity index (χ4n) is 1.30. The van der Waals surface area contributed by atoms with Crippen LogP contribution < -0.4 is 10.1 Å². The van der Waals surface area contributed by atoms with E-state index in [2.05, 4.69) is 12.2 Å². The van der Waals surface area contributed by atoms with Gasteiger partial charge in [0.15, 0.2) is 6.61 Å². The third kappa shape index (κ3) is 2.98. The van der Waals surface area contributed by atoms with Gasteiger partial charge >= 0.3 is 0 Å². The number of aryl methyl sites for hydroxylation is 2. The molecule has 1 N–H and O–H groups in total. The molecule has 0 saturated carbocycles. The summed E-state index contributed by atoms with van der Waals surface area (Å²) in [6, 6.07) is 3.90. The van der Waals surface area contributed by atoms with Crippen molar-refractivity contribution in [1.82, 2.24) is 5.32 Å². The molecule has 0 unspecified atom stereocenters. The molecule has 0 aliphatic carbocycles. The minimum atomic E-state index is -0.120. The zero-order valence-corrected chi connectivity index (χ0v) is 9.68. The van der Waals surface area contributed by atoms with Crippen molar-refractivity contribution in [3.8, 4) is 5.75 Å². The van der Waals surface area contributed by atoms with Gasteiger partial charge in [0.2, 0.25) is 0 Å². The second kappa shape index (κ2) is 4.82. The number of amides is 1. The van der Waals surface area contributed by atoms with Gasteiger partial charge in [0.1, 0.15) is 5.75 Å². The van der Waals surface area contributed by atoms with E-state index in [4.69, 9.17) is 4.74 Å². The molecular formula is C12H17NO2. The summed E-state index contributed by atoms with van der Waals surface area (Å²) in [5.74, 6) is 0.630. The van der Waals surface area contributed by atoms with Crippen molar-refractivity contribution >= 4 is 5.91 Å². The SMILES string of the molecule is CNC(=O)COc1cc(C)c(C)c(C)c1. The zero-order chi connectivity index (χ0) is 11.4. The molecule has 0 saturated heterocycles. The van der Waals surface area contributed by atoms with Gasteiger partial charge in [0.25, 0.3) is 5.91 Å². The Hall–Kier alpha value is -1.51. The summed E-state index contributed by atoms with van der Waals surface area (Å²) in [4.78, 5) is 11.0. The summed E-state index contributed by atoms with van der Waals surface area (Å²) in [7, 11) is 1.59. The number of rotatable bonds is 3. The fourth-order valence-corrected chi connectivity index (χ4v) is 1.30. The summed E-state index contributed by atoms with van der Waals surface area (Å²) >= 11 is 0. The van der Waals surface area contributed by atoms with Crippen molar-refractivity contribution < 1.29 is 9.53 Å². The molecule has 0 radical (unpaired) electrons. The van der Waals surface area contributed by atoms with Crippen molar-refractivity contribution in [3.05, 3.63) is 28.8 Å². The molecule has 0 aliphatic rings. The molecular weight excluding hydrogens is 190 g/mol. The van der Waals surface area contributed by atoms with Gasteiger partial charge in [-0.1, -0.05) is 0 Å². The first-order valence-corrected chi connectivity index (χ1v) is 4.96. The van der Waals surface area contributed by atoms with Crippen LogP contribution in [0.4, 0.5) is 0 Å². The van der Waals surface area contributed by atoms with Crippen molar-refractivity contribution in [2.24, 2.45) is 0 Å². The molecule has 0 spiro atoms. The highest BCUT2D eigenvalue weighted by molar-refractivity contribution is 5.77. The number of carbonyl (C=O) groups is 1. The Kier molecular flexibility index (Phi) is 3.72. The molecule has 1 rings (SSSR count). The Morgan fingerprint density at radius 2 is 1.80 bits per heavy atom. The molecule has 0 aliphatic heterocycles. The normalized spacial score (nSPS) is 9.87. The second-order valence-electron chi connectivity index (χ2n) is 3.64. The van der Waals surface area contributed by atoms with Crippen LogP contribution in [0.15, 0.2) is 12.1 Å². The van der Waals surface area contributed by atoms with Gasteiger partial charge in [-0.2, -0.15) is 0 Å². The van der Waals surface area contributed by atoms with Crippen LogP contribution in [0.25, 0.3) is 0 Å². The van der Waals surface area contributed by atoms with E-state index in [0.29, 0.717) is 0 Å². The highest BCUT2D eigenvalue weighted by Crippen LogP contribution is 2.20. The Morgan fingerprint density at radius 3 is 2.27 bits per heavy atom. The lowest BCUT2D eigenvalue weighted by atomic mass is 10.0. The molecule has 3 nitrogen and oxygen atoms in total. The molecule has 0 fully saturated rings. The highest BCUT2D eigenvalue weighted by Gasteiger charge is 2.03. The van der Waals surface area contributed by atoms with Crippen LogP contribution >= 0.6 is 0 Å². The Morgan fingerprint density at radius 1 is 1.27 bits per heavy atom. The number of benzene rings is 1. The van der Waals surface area contributed by atoms with Crippen LogP contribution in [0, 0.1) is 20.8 Å². The van der Waals surface area contributed by atoms with Gasteiger partial charge in [-0.25, -0.2) is 0 Å². The van der Waals surface area contributed by atoms with Crippen LogP contribution in [-0.4, -0.2) is 19.6 Å². The van der Waals surface area contributed by atoms with E-state index in [1.165, 1.54) is 16.7 Å². The lowest BCUT2D eigenvalue weighted by molar-refractivity contribution is -0.122. The Bertz CT molecular complexity index is 349. The predicted octanol–water partition coefficient (Wildman–Crippen LogP) is 1.74. The van der Waals surface area contributed by atoms with Crippen LogP contribution in [-0.2, 0) is 4.79 Å². The molecule has 0 aromatic heterocycles. The number of ether oxygens (including phenoxy) is 1. The average Bonchev–Trinajstić information content (AvgIpc) is 2.22. The first-order valence-electron chi connectivity index (χ1n) is 4.96. The largest absolute Gasteiger partial charge is 0.484 e. The van der Waals surface area contributed by atoms with Gasteiger partial charge < -0.3 is 10.1 Å². The third-order valence-electron chi connectivity index (χ3n) is 2.55. The van der Waals surface area contributed by atoms with E-state index >= 15 is 0 Å². The minimum absolute atomic E-state index is 0.0679. The standard InChI is InChI=1S/C12H17NO2/c1-8-5-11(6-9(2)10(8)3)15-7-12(14)13-4/h5-6H,7H2,1-4H3,(H,13,14). The second-order valence-corrected chi connectivity index (χ2v) is 3.64. The first kappa shape index (κ1) is 11.6. The van der Waals surface area contributed by atoms with Gasteiger partial charge in [0, 0.05) is 7.05 Å². The van der Waals surface area contributed by atoms with Crippen LogP contribution in [0.2, 0.25) is 0 Å². The number of carbonyl (C=O) groups excluding carboxylic acids is 1. The molecule has 1 amide bonds. The highest BCUT2D eigenvalue weighted by atomic mass is 16.5. The minimum Gasteiger partial charge on any atom is -0.484 e. The van der Waals surface area contributed by atoms with Crippen LogP contribution in [0.5, 0.6) is 5.75 Å². The quantitative estimate of drug-likeness (QED) is 0.819. The topological polar surface area (TPSA) is 38.3 Å². The maximum atomic E-state index is 11.0. The van der Waals surface area contributed by atoms with Crippen molar-refractivity contribution in [2.75, 3.05) is 13.7 Å².